The summed E-state index contributed by atoms with van der Waals surface area (Å²) in [5, 5.41) is 14.1. The van der Waals surface area contributed by atoms with E-state index in [4.69, 9.17) is 9.47 Å². The highest BCUT2D eigenvalue weighted by Crippen LogP contribution is 2.52. The summed E-state index contributed by atoms with van der Waals surface area (Å²) in [5.74, 6) is -6.84. The quantitative estimate of drug-likeness (QED) is 0.177. The summed E-state index contributed by atoms with van der Waals surface area (Å²) in [6, 6.07) is 17.8. The van der Waals surface area contributed by atoms with Gasteiger partial charge in [-0.25, -0.2) is 9.59 Å². The number of nitrogens with one attached hydrogen (secondary N) is 5. The van der Waals surface area contributed by atoms with Crippen LogP contribution in [0.2, 0.25) is 0 Å². The number of amides is 6. The Labute approximate surface area is 334 Å². The van der Waals surface area contributed by atoms with Crippen molar-refractivity contribution in [1.29, 1.82) is 0 Å². The molecule has 57 heavy (non-hydrogen) atoms. The van der Waals surface area contributed by atoms with Crippen LogP contribution in [0.4, 0.5) is 21.0 Å². The molecular weight excluding hydrogens is 731 g/mol. The van der Waals surface area contributed by atoms with Gasteiger partial charge in [0.05, 0.1) is 23.7 Å². The Morgan fingerprint density at radius 3 is 1.30 bits per heavy atom. The molecular formula is C42H57N7O8. The van der Waals surface area contributed by atoms with Crippen LogP contribution in [0.15, 0.2) is 60.7 Å². The molecule has 4 bridgehead atoms. The first-order valence-corrected chi connectivity index (χ1v) is 20.1. The van der Waals surface area contributed by atoms with Crippen molar-refractivity contribution in [3.05, 3.63) is 60.7 Å². The second-order valence-corrected chi connectivity index (χ2v) is 16.5. The van der Waals surface area contributed by atoms with Gasteiger partial charge in [-0.3, -0.25) is 35.1 Å². The summed E-state index contributed by atoms with van der Waals surface area (Å²) in [4.78, 5) is 87.0. The molecule has 10 atom stereocenters. The standard InChI is InChI=1S/C42H57N7O8/c1-48(2)21-19-43-37(50)33-25-15-17-29(31(23-25)56-41(54)45-27-11-7-5-8-12-27)35(33)39(52)47-40(53)36-30-18-16-26(34(36)38(51)44-20-22-49(3)4)24-32(30)57-42(55)46-28-13-9-6-10-14-28/h5-14,25-26,29-36H,15-24H2,1-4H3,(H,43,50)(H,44,51)(H,45,54)(H,46,55)(H,47,52,53). The third kappa shape index (κ3) is 10.3. The number of benzene rings is 2. The first-order valence-electron chi connectivity index (χ1n) is 20.1. The van der Waals surface area contributed by atoms with Crippen LogP contribution in [0.1, 0.15) is 38.5 Å². The lowest BCUT2D eigenvalue weighted by Crippen LogP contribution is -2.62. The first-order chi connectivity index (χ1) is 27.4. The third-order valence-corrected chi connectivity index (χ3v) is 12.2. The van der Waals surface area contributed by atoms with Gasteiger partial charge >= 0.3 is 12.2 Å². The van der Waals surface area contributed by atoms with Gasteiger partial charge in [-0.1, -0.05) is 36.4 Å². The zero-order valence-corrected chi connectivity index (χ0v) is 33.3. The van der Waals surface area contributed by atoms with Crippen molar-refractivity contribution in [3.63, 3.8) is 0 Å². The van der Waals surface area contributed by atoms with Crippen LogP contribution in [-0.2, 0) is 28.7 Å². The zero-order valence-electron chi connectivity index (χ0n) is 33.3. The third-order valence-electron chi connectivity index (χ3n) is 12.2. The zero-order chi connectivity index (χ0) is 40.6. The number of hydrogen-bond donors (Lipinski definition) is 5. The number of ether oxygens (including phenoxy) is 2. The van der Waals surface area contributed by atoms with Crippen molar-refractivity contribution in [3.8, 4) is 0 Å². The molecule has 15 heteroatoms. The molecule has 6 saturated carbocycles. The number of likely N-dealkylation sites (N-methyl/N-ethyl adjacent to an activating group) is 2. The molecule has 6 aliphatic rings. The predicted octanol–water partition coefficient (Wildman–Crippen LogP) is 3.54. The van der Waals surface area contributed by atoms with Crippen LogP contribution in [0.5, 0.6) is 0 Å². The van der Waals surface area contributed by atoms with Gasteiger partial charge in [0.1, 0.15) is 12.2 Å². The number of nitrogens with zero attached hydrogens (tertiary/aromatic N) is 2. The van der Waals surface area contributed by atoms with Gasteiger partial charge < -0.3 is 29.9 Å². The Balaban J connectivity index is 1.23. The van der Waals surface area contributed by atoms with Crippen molar-refractivity contribution in [2.45, 2.75) is 50.7 Å². The molecule has 2 aromatic rings. The van der Waals surface area contributed by atoms with E-state index in [1.165, 1.54) is 0 Å². The minimum Gasteiger partial charge on any atom is -0.446 e. The number of carbonyl (C=O) groups is 6. The number of carbonyl (C=O) groups excluding carboxylic acids is 6. The van der Waals surface area contributed by atoms with E-state index in [9.17, 15) is 28.8 Å². The second-order valence-electron chi connectivity index (χ2n) is 16.5. The Morgan fingerprint density at radius 1 is 0.544 bits per heavy atom. The maximum absolute atomic E-state index is 14.6. The molecule has 10 unspecified atom stereocenters. The van der Waals surface area contributed by atoms with Gasteiger partial charge in [-0.2, -0.15) is 0 Å². The van der Waals surface area contributed by atoms with Crippen molar-refractivity contribution < 1.29 is 38.2 Å². The highest BCUT2D eigenvalue weighted by Gasteiger charge is 2.58. The lowest BCUT2D eigenvalue weighted by molar-refractivity contribution is -0.161. The van der Waals surface area contributed by atoms with E-state index in [0.29, 0.717) is 76.1 Å². The summed E-state index contributed by atoms with van der Waals surface area (Å²) < 4.78 is 11.9. The summed E-state index contributed by atoms with van der Waals surface area (Å²) in [7, 11) is 7.60. The van der Waals surface area contributed by atoms with Crippen molar-refractivity contribution in [1.82, 2.24) is 25.8 Å². The molecule has 5 N–H and O–H groups in total. The van der Waals surface area contributed by atoms with E-state index >= 15 is 0 Å². The predicted molar refractivity (Wildman–Crippen MR) is 213 cm³/mol. The summed E-state index contributed by atoms with van der Waals surface area (Å²) >= 11 is 0. The Hall–Kier alpha value is -5.02. The van der Waals surface area contributed by atoms with Gasteiger partial charge in [-0.15, -0.1) is 0 Å². The number of hydrogen-bond acceptors (Lipinski definition) is 10. The molecule has 8 rings (SSSR count). The first kappa shape index (κ1) is 41.6. The van der Waals surface area contributed by atoms with Crippen LogP contribution in [0.3, 0.4) is 0 Å². The number of imide groups is 1. The number of rotatable bonds is 14. The van der Waals surface area contributed by atoms with Crippen LogP contribution < -0.4 is 26.6 Å². The van der Waals surface area contributed by atoms with Crippen molar-refractivity contribution in [2.75, 3.05) is 65.0 Å². The molecule has 6 amide bonds. The van der Waals surface area contributed by atoms with E-state index in [0.717, 1.165) is 0 Å². The molecule has 308 valence electrons. The smallest absolute Gasteiger partial charge is 0.411 e. The Bertz CT molecular complexity index is 1620. The second kappa shape index (κ2) is 18.9. The number of fused-ring (bicyclic) bond motifs is 6. The Morgan fingerprint density at radius 2 is 0.930 bits per heavy atom. The average molecular weight is 788 g/mol. The van der Waals surface area contributed by atoms with Gasteiger partial charge in [-0.05, 0) is 103 Å². The fourth-order valence-electron chi connectivity index (χ4n) is 9.64. The number of anilines is 2. The minimum absolute atomic E-state index is 0.267. The van der Waals surface area contributed by atoms with E-state index in [-0.39, 0.29) is 23.7 Å². The highest BCUT2D eigenvalue weighted by atomic mass is 16.6. The molecule has 0 saturated heterocycles. The molecule has 6 aliphatic carbocycles. The normalized spacial score (nSPS) is 28.6. The summed E-state index contributed by atoms with van der Waals surface area (Å²) in [6.45, 7) is 1.95. The molecule has 0 aliphatic heterocycles. The van der Waals surface area contributed by atoms with Crippen LogP contribution >= 0.6 is 0 Å². The molecule has 2 aromatic carbocycles. The molecule has 0 aromatic heterocycles. The molecule has 0 heterocycles. The molecule has 0 radical (unpaired) electrons. The largest absolute Gasteiger partial charge is 0.446 e. The molecule has 0 spiro atoms. The van der Waals surface area contributed by atoms with E-state index in [2.05, 4.69) is 26.6 Å². The maximum Gasteiger partial charge on any atom is 0.411 e. The molecule has 6 fully saturated rings. The van der Waals surface area contributed by atoms with E-state index < -0.39 is 71.7 Å². The average Bonchev–Trinajstić information content (AvgIpc) is 3.18. The summed E-state index contributed by atoms with van der Waals surface area (Å²) in [6.07, 6.45) is 0.550. The Kier molecular flexibility index (Phi) is 13.8. The van der Waals surface area contributed by atoms with Crippen molar-refractivity contribution in [2.24, 2.45) is 47.3 Å². The number of para-hydroxylation sites is 2. The van der Waals surface area contributed by atoms with Gasteiger partial charge in [0.2, 0.25) is 23.6 Å². The molecule has 15 nitrogen and oxygen atoms in total. The topological polar surface area (TPSA) is 188 Å². The van der Waals surface area contributed by atoms with E-state index in [1.54, 1.807) is 48.5 Å². The van der Waals surface area contributed by atoms with Crippen LogP contribution in [0.25, 0.3) is 0 Å². The lowest BCUT2D eigenvalue weighted by Gasteiger charge is -2.51. The SMILES string of the molecule is CN(C)CCNC(=O)C1C2CCC(C(OC(=O)Nc3ccccc3)C2)C1C(=O)NC(=O)C1C2CCC(CC2OC(=O)Nc2ccccc2)C1C(=O)NCCN(C)C. The monoisotopic (exact) mass is 787 g/mol. The summed E-state index contributed by atoms with van der Waals surface area (Å²) in [5.41, 5.74) is 1.12. The van der Waals surface area contributed by atoms with Crippen LogP contribution in [0, 0.1) is 47.3 Å². The van der Waals surface area contributed by atoms with Gasteiger partial charge in [0, 0.05) is 49.4 Å². The lowest BCUT2D eigenvalue weighted by atomic mass is 9.56. The minimum atomic E-state index is -0.966. The van der Waals surface area contributed by atoms with Gasteiger partial charge in [0.15, 0.2) is 0 Å². The fourth-order valence-corrected chi connectivity index (χ4v) is 9.64. The van der Waals surface area contributed by atoms with Crippen LogP contribution in [-0.4, -0.2) is 112 Å². The van der Waals surface area contributed by atoms with E-state index in [1.807, 2.05) is 50.1 Å². The maximum atomic E-state index is 14.6. The fraction of sp³-hybridized carbons (Fsp3) is 0.571. The van der Waals surface area contributed by atoms with Gasteiger partial charge in [0.25, 0.3) is 0 Å². The highest BCUT2D eigenvalue weighted by molar-refractivity contribution is 6.01. The van der Waals surface area contributed by atoms with Crippen molar-refractivity contribution >= 4 is 47.2 Å².